The van der Waals surface area contributed by atoms with Gasteiger partial charge in [-0.25, -0.2) is 4.31 Å². The van der Waals surface area contributed by atoms with Gasteiger partial charge in [-0.3, -0.25) is 9.59 Å². The van der Waals surface area contributed by atoms with Crippen LogP contribution < -0.4 is 9.62 Å². The molecule has 0 aliphatic heterocycles. The van der Waals surface area contributed by atoms with Crippen molar-refractivity contribution >= 4 is 39.3 Å². The predicted octanol–water partition coefficient (Wildman–Crippen LogP) is 4.29. The third-order valence-electron chi connectivity index (χ3n) is 6.17. The molecule has 0 bridgehead atoms. The van der Waals surface area contributed by atoms with E-state index in [1.807, 2.05) is 39.0 Å². The summed E-state index contributed by atoms with van der Waals surface area (Å²) in [5.41, 5.74) is 2.67. The second kappa shape index (κ2) is 13.8. The van der Waals surface area contributed by atoms with E-state index in [-0.39, 0.29) is 12.5 Å². The summed E-state index contributed by atoms with van der Waals surface area (Å²) in [5.74, 6) is -0.770. The fourth-order valence-corrected chi connectivity index (χ4v) is 5.23. The average Bonchev–Trinajstić information content (AvgIpc) is 2.85. The molecule has 2 amide bonds. The lowest BCUT2D eigenvalue weighted by molar-refractivity contribution is -0.140. The molecule has 204 valence electrons. The summed E-state index contributed by atoms with van der Waals surface area (Å²) >= 11 is 6.41. The van der Waals surface area contributed by atoms with Crippen LogP contribution in [0.2, 0.25) is 5.02 Å². The second-order valence-electron chi connectivity index (χ2n) is 9.27. The Hall–Kier alpha value is -2.62. The summed E-state index contributed by atoms with van der Waals surface area (Å²) in [6, 6.07) is 11.8. The highest BCUT2D eigenvalue weighted by molar-refractivity contribution is 7.90. The largest absolute Gasteiger partial charge is 0.354 e. The summed E-state index contributed by atoms with van der Waals surface area (Å²) in [4.78, 5) is 28.5. The monoisotopic (exact) mass is 550 g/mol. The summed E-state index contributed by atoms with van der Waals surface area (Å²) in [6.07, 6.45) is 2.10. The minimum absolute atomic E-state index is 0.0703. The molecule has 0 fully saturated rings. The van der Waals surface area contributed by atoms with Crippen molar-refractivity contribution in [3.05, 3.63) is 64.2 Å². The lowest BCUT2D eigenvalue weighted by atomic mass is 10.1. The zero-order valence-corrected chi connectivity index (χ0v) is 24.2. The van der Waals surface area contributed by atoms with Crippen molar-refractivity contribution in [1.82, 2.24) is 14.5 Å². The van der Waals surface area contributed by atoms with Gasteiger partial charge in [0, 0.05) is 32.2 Å². The molecule has 8 nitrogen and oxygen atoms in total. The number of carbonyl (C=O) groups excluding carboxylic acids is 2. The number of aryl methyl sites for hydroxylation is 2. The minimum atomic E-state index is -4.02. The third kappa shape index (κ3) is 7.93. The summed E-state index contributed by atoms with van der Waals surface area (Å²) < 4.78 is 29.0. The maximum atomic E-state index is 13.9. The summed E-state index contributed by atoms with van der Waals surface area (Å²) in [5, 5.41) is 3.38. The van der Waals surface area contributed by atoms with Crippen LogP contribution >= 0.6 is 11.6 Å². The number of amides is 2. The van der Waals surface area contributed by atoms with Crippen LogP contribution in [0.4, 0.5) is 5.69 Å². The summed E-state index contributed by atoms with van der Waals surface area (Å²) in [6.45, 7) is 7.63. The van der Waals surface area contributed by atoms with Crippen molar-refractivity contribution in [1.29, 1.82) is 0 Å². The standard InChI is InChI=1S/C27H39ClN4O4S/c1-7-9-16-29-27(34)24(8-2)31(18-22-12-10-11-13-23(22)28)26(33)19-32(37(35,36)30(5)6)25-17-20(3)14-15-21(25)4/h10-15,17,24H,7-9,16,18-19H2,1-6H3,(H,29,34). The third-order valence-corrected chi connectivity index (χ3v) is 8.34. The maximum absolute atomic E-state index is 13.9. The molecule has 1 atom stereocenters. The smallest absolute Gasteiger partial charge is 0.304 e. The van der Waals surface area contributed by atoms with Crippen LogP contribution in [0, 0.1) is 13.8 Å². The van der Waals surface area contributed by atoms with Gasteiger partial charge in [-0.1, -0.05) is 62.2 Å². The van der Waals surface area contributed by atoms with Gasteiger partial charge in [0.15, 0.2) is 0 Å². The molecule has 0 aromatic heterocycles. The van der Waals surface area contributed by atoms with Crippen molar-refractivity contribution in [3.8, 4) is 0 Å². The van der Waals surface area contributed by atoms with Crippen molar-refractivity contribution in [3.63, 3.8) is 0 Å². The van der Waals surface area contributed by atoms with E-state index in [2.05, 4.69) is 5.32 Å². The minimum Gasteiger partial charge on any atom is -0.354 e. The van der Waals surface area contributed by atoms with Crippen LogP contribution in [0.3, 0.4) is 0 Å². The van der Waals surface area contributed by atoms with E-state index in [0.29, 0.717) is 34.8 Å². The normalized spacial score (nSPS) is 12.3. The number of nitrogens with one attached hydrogen (secondary N) is 1. The van der Waals surface area contributed by atoms with Crippen LogP contribution in [-0.2, 0) is 26.3 Å². The quantitative estimate of drug-likeness (QED) is 0.377. The Kier molecular flexibility index (Phi) is 11.4. The Bertz CT molecular complexity index is 1190. The van der Waals surface area contributed by atoms with E-state index in [9.17, 15) is 18.0 Å². The predicted molar refractivity (Wildman–Crippen MR) is 150 cm³/mol. The Morgan fingerprint density at radius 2 is 1.73 bits per heavy atom. The number of benzene rings is 2. The molecule has 1 unspecified atom stereocenters. The van der Waals surface area contributed by atoms with Gasteiger partial charge in [-0.2, -0.15) is 12.7 Å². The highest BCUT2D eigenvalue weighted by Crippen LogP contribution is 2.26. The van der Waals surface area contributed by atoms with E-state index >= 15 is 0 Å². The molecule has 0 heterocycles. The van der Waals surface area contributed by atoms with Crippen LogP contribution in [0.1, 0.15) is 49.8 Å². The first-order valence-corrected chi connectivity index (χ1v) is 14.3. The fraction of sp³-hybridized carbons (Fsp3) is 0.481. The van der Waals surface area contributed by atoms with Gasteiger partial charge in [0.2, 0.25) is 11.8 Å². The number of unbranched alkanes of at least 4 members (excludes halogenated alkanes) is 1. The first-order chi connectivity index (χ1) is 17.4. The molecular weight excluding hydrogens is 512 g/mol. The van der Waals surface area contributed by atoms with Crippen LogP contribution in [0.15, 0.2) is 42.5 Å². The van der Waals surface area contributed by atoms with E-state index in [0.717, 1.165) is 27.0 Å². The number of hydrogen-bond donors (Lipinski definition) is 1. The SMILES string of the molecule is CCCCNC(=O)C(CC)N(Cc1ccccc1Cl)C(=O)CN(c1cc(C)ccc1C)S(=O)(=O)N(C)C. The lowest BCUT2D eigenvalue weighted by Gasteiger charge is -2.34. The topological polar surface area (TPSA) is 90.0 Å². The molecule has 0 aliphatic rings. The van der Waals surface area contributed by atoms with Gasteiger partial charge in [-0.05, 0) is 55.5 Å². The highest BCUT2D eigenvalue weighted by atomic mass is 35.5. The van der Waals surface area contributed by atoms with Gasteiger partial charge in [0.05, 0.1) is 5.69 Å². The van der Waals surface area contributed by atoms with E-state index in [1.54, 1.807) is 31.2 Å². The summed E-state index contributed by atoms with van der Waals surface area (Å²) in [7, 11) is -1.17. The lowest BCUT2D eigenvalue weighted by Crippen LogP contribution is -2.53. The number of nitrogens with zero attached hydrogens (tertiary/aromatic N) is 3. The molecular formula is C27H39ClN4O4S. The molecule has 0 radical (unpaired) electrons. The number of halogens is 1. The van der Waals surface area contributed by atoms with Crippen molar-refractivity contribution in [2.45, 2.75) is 59.5 Å². The molecule has 0 spiro atoms. The molecule has 1 N–H and O–H groups in total. The second-order valence-corrected chi connectivity index (χ2v) is 11.7. The maximum Gasteiger partial charge on any atom is 0.304 e. The zero-order valence-electron chi connectivity index (χ0n) is 22.6. The van der Waals surface area contributed by atoms with Crippen LogP contribution in [-0.4, -0.2) is 62.7 Å². The number of carbonyl (C=O) groups is 2. The van der Waals surface area contributed by atoms with Gasteiger partial charge in [-0.15, -0.1) is 0 Å². The average molecular weight is 551 g/mol. The Balaban J connectivity index is 2.53. The zero-order chi connectivity index (χ0) is 27.8. The van der Waals surface area contributed by atoms with Gasteiger partial charge in [0.25, 0.3) is 0 Å². The molecule has 0 saturated carbocycles. The van der Waals surface area contributed by atoms with Gasteiger partial charge >= 0.3 is 10.2 Å². The molecule has 2 aromatic carbocycles. The number of rotatable bonds is 13. The van der Waals surface area contributed by atoms with Crippen molar-refractivity contribution in [2.75, 3.05) is 31.5 Å². The highest BCUT2D eigenvalue weighted by Gasteiger charge is 2.34. The van der Waals surface area contributed by atoms with E-state index in [1.165, 1.54) is 19.0 Å². The molecule has 10 heteroatoms. The first kappa shape index (κ1) is 30.6. The van der Waals surface area contributed by atoms with Crippen LogP contribution in [0.5, 0.6) is 0 Å². The van der Waals surface area contributed by atoms with Gasteiger partial charge < -0.3 is 10.2 Å². The Morgan fingerprint density at radius 1 is 1.05 bits per heavy atom. The number of hydrogen-bond acceptors (Lipinski definition) is 4. The first-order valence-electron chi connectivity index (χ1n) is 12.5. The van der Waals surface area contributed by atoms with Crippen molar-refractivity contribution < 1.29 is 18.0 Å². The molecule has 2 aromatic rings. The fourth-order valence-electron chi connectivity index (χ4n) is 3.93. The van der Waals surface area contributed by atoms with Crippen LogP contribution in [0.25, 0.3) is 0 Å². The Morgan fingerprint density at radius 3 is 2.32 bits per heavy atom. The molecule has 37 heavy (non-hydrogen) atoms. The molecule has 0 aliphatic carbocycles. The number of anilines is 1. The van der Waals surface area contributed by atoms with Crippen molar-refractivity contribution in [2.24, 2.45) is 0 Å². The molecule has 0 saturated heterocycles. The van der Waals surface area contributed by atoms with Gasteiger partial charge in [0.1, 0.15) is 12.6 Å². The van der Waals surface area contributed by atoms with E-state index < -0.39 is 28.7 Å². The van der Waals surface area contributed by atoms with E-state index in [4.69, 9.17) is 11.6 Å². The Labute approximate surface area is 226 Å². The molecule has 2 rings (SSSR count).